The molecule has 1 aliphatic rings. The molecular weight excluding hydrogens is 282 g/mol. The van der Waals surface area contributed by atoms with Crippen molar-refractivity contribution in [3.63, 3.8) is 0 Å². The van der Waals surface area contributed by atoms with Gasteiger partial charge in [-0.3, -0.25) is 4.79 Å². The van der Waals surface area contributed by atoms with E-state index in [1.807, 2.05) is 0 Å². The third-order valence-electron chi connectivity index (χ3n) is 3.18. The Kier molecular flexibility index (Phi) is 4.08. The van der Waals surface area contributed by atoms with Crippen LogP contribution < -0.4 is 5.32 Å². The molecule has 0 aromatic heterocycles. The third kappa shape index (κ3) is 3.36. The number of hydrogen-bond acceptors (Lipinski definition) is 5. The lowest BCUT2D eigenvalue weighted by molar-refractivity contribution is -0.119. The number of carbonyl (C=O) groups is 2. The molecular formula is C13H15NO5S. The Morgan fingerprint density at radius 3 is 2.40 bits per heavy atom. The number of methoxy groups -OCH3 is 1. The highest BCUT2D eigenvalue weighted by molar-refractivity contribution is 7.91. The lowest BCUT2D eigenvalue weighted by Crippen LogP contribution is -2.23. The fraction of sp³-hybridized carbons (Fsp3) is 0.385. The van der Waals surface area contributed by atoms with Crippen LogP contribution in [0.25, 0.3) is 0 Å². The van der Waals surface area contributed by atoms with Crippen LogP contribution in [0.15, 0.2) is 24.3 Å². The quantitative estimate of drug-likeness (QED) is 0.835. The van der Waals surface area contributed by atoms with Crippen molar-refractivity contribution in [2.45, 2.75) is 6.42 Å². The molecule has 0 unspecified atom stereocenters. The second-order valence-corrected chi connectivity index (χ2v) is 6.89. The molecule has 108 valence electrons. The van der Waals surface area contributed by atoms with E-state index in [4.69, 9.17) is 0 Å². The van der Waals surface area contributed by atoms with E-state index in [9.17, 15) is 18.0 Å². The summed E-state index contributed by atoms with van der Waals surface area (Å²) in [4.78, 5) is 23.2. The predicted octanol–water partition coefficient (Wildman–Crippen LogP) is 0.846. The van der Waals surface area contributed by atoms with Gasteiger partial charge in [0.2, 0.25) is 5.91 Å². The van der Waals surface area contributed by atoms with Crippen LogP contribution in [0, 0.1) is 5.92 Å². The molecule has 6 nitrogen and oxygen atoms in total. The topological polar surface area (TPSA) is 89.5 Å². The lowest BCUT2D eigenvalue weighted by atomic mass is 10.1. The number of hydrogen-bond donors (Lipinski definition) is 1. The molecule has 1 heterocycles. The van der Waals surface area contributed by atoms with Crippen molar-refractivity contribution >= 4 is 27.4 Å². The van der Waals surface area contributed by atoms with Crippen LogP contribution in [0.4, 0.5) is 5.69 Å². The molecule has 0 spiro atoms. The Hall–Kier alpha value is -1.89. The summed E-state index contributed by atoms with van der Waals surface area (Å²) < 4.78 is 27.2. The fourth-order valence-electron chi connectivity index (χ4n) is 2.05. The molecule has 7 heteroatoms. The maximum Gasteiger partial charge on any atom is 0.337 e. The summed E-state index contributed by atoms with van der Waals surface area (Å²) in [5.41, 5.74) is 0.904. The first-order chi connectivity index (χ1) is 9.41. The second-order valence-electron chi connectivity index (χ2n) is 4.66. The van der Waals surface area contributed by atoms with Crippen molar-refractivity contribution in [2.75, 3.05) is 23.9 Å². The van der Waals surface area contributed by atoms with E-state index in [-0.39, 0.29) is 17.4 Å². The SMILES string of the molecule is COC(=O)c1ccc(NC(=O)[C@@H]2CCS(=O)(=O)C2)cc1. The van der Waals surface area contributed by atoms with Crippen molar-refractivity contribution in [3.8, 4) is 0 Å². The van der Waals surface area contributed by atoms with Gasteiger partial charge >= 0.3 is 5.97 Å². The average Bonchev–Trinajstić information content (AvgIpc) is 2.79. The number of rotatable bonds is 3. The zero-order chi connectivity index (χ0) is 14.8. The highest BCUT2D eigenvalue weighted by atomic mass is 32.2. The second kappa shape index (κ2) is 5.62. The number of carbonyl (C=O) groups excluding carboxylic acids is 2. The highest BCUT2D eigenvalue weighted by Gasteiger charge is 2.32. The maximum absolute atomic E-state index is 11.9. The van der Waals surface area contributed by atoms with Gasteiger partial charge in [-0.25, -0.2) is 13.2 Å². The van der Waals surface area contributed by atoms with Gasteiger partial charge in [0.25, 0.3) is 0 Å². The van der Waals surface area contributed by atoms with Gasteiger partial charge in [-0.05, 0) is 30.7 Å². The average molecular weight is 297 g/mol. The molecule has 20 heavy (non-hydrogen) atoms. The van der Waals surface area contributed by atoms with Gasteiger partial charge in [0.15, 0.2) is 9.84 Å². The molecule has 1 saturated heterocycles. The minimum absolute atomic E-state index is 0.0619. The van der Waals surface area contributed by atoms with Gasteiger partial charge in [-0.2, -0.15) is 0 Å². The van der Waals surface area contributed by atoms with Crippen molar-refractivity contribution in [1.82, 2.24) is 0 Å². The fourth-order valence-corrected chi connectivity index (χ4v) is 3.80. The van der Waals surface area contributed by atoms with E-state index in [0.29, 0.717) is 17.7 Å². The summed E-state index contributed by atoms with van der Waals surface area (Å²) in [7, 11) is -1.79. The van der Waals surface area contributed by atoms with Gasteiger partial charge in [-0.1, -0.05) is 0 Å². The molecule has 1 amide bonds. The zero-order valence-corrected chi connectivity index (χ0v) is 11.8. The normalized spacial score (nSPS) is 20.4. The Morgan fingerprint density at radius 1 is 1.25 bits per heavy atom. The number of nitrogens with one attached hydrogen (secondary N) is 1. The smallest absolute Gasteiger partial charge is 0.337 e. The number of esters is 1. The summed E-state index contributed by atoms with van der Waals surface area (Å²) in [5, 5.41) is 2.65. The standard InChI is InChI=1S/C13H15NO5S/c1-19-13(16)9-2-4-11(5-3-9)14-12(15)10-6-7-20(17,18)8-10/h2-5,10H,6-8H2,1H3,(H,14,15)/t10-/m1/s1. The molecule has 0 saturated carbocycles. The minimum Gasteiger partial charge on any atom is -0.465 e. The van der Waals surface area contributed by atoms with Gasteiger partial charge in [0.05, 0.1) is 30.1 Å². The molecule has 0 aliphatic carbocycles. The van der Waals surface area contributed by atoms with Crippen molar-refractivity contribution in [3.05, 3.63) is 29.8 Å². The van der Waals surface area contributed by atoms with Crippen LogP contribution in [0.3, 0.4) is 0 Å². The molecule has 2 rings (SSSR count). The van der Waals surface area contributed by atoms with Crippen LogP contribution in [0.1, 0.15) is 16.8 Å². The Bertz CT molecular complexity index is 621. The predicted molar refractivity (Wildman–Crippen MR) is 73.2 cm³/mol. The summed E-state index contributed by atoms with van der Waals surface area (Å²) in [6.07, 6.45) is 0.356. The van der Waals surface area contributed by atoms with Crippen molar-refractivity contribution in [2.24, 2.45) is 5.92 Å². The van der Waals surface area contributed by atoms with Gasteiger partial charge < -0.3 is 10.1 Å². The van der Waals surface area contributed by atoms with Gasteiger partial charge in [0.1, 0.15) is 0 Å². The monoisotopic (exact) mass is 297 g/mol. The summed E-state index contributed by atoms with van der Waals surface area (Å²) in [6.45, 7) is 0. The molecule has 0 bridgehead atoms. The largest absolute Gasteiger partial charge is 0.465 e. The summed E-state index contributed by atoms with van der Waals surface area (Å²) in [6, 6.07) is 6.22. The molecule has 1 aliphatic heterocycles. The lowest BCUT2D eigenvalue weighted by Gasteiger charge is -2.09. The van der Waals surface area contributed by atoms with E-state index in [0.717, 1.165) is 0 Å². The first kappa shape index (κ1) is 14.5. The Balaban J connectivity index is 2.00. The summed E-state index contributed by atoms with van der Waals surface area (Å²) in [5.74, 6) is -1.30. The van der Waals surface area contributed by atoms with E-state index in [1.165, 1.54) is 19.2 Å². The number of benzene rings is 1. The number of amides is 1. The maximum atomic E-state index is 11.9. The molecule has 1 fully saturated rings. The van der Waals surface area contributed by atoms with Crippen LogP contribution in [-0.4, -0.2) is 38.9 Å². The van der Waals surface area contributed by atoms with Crippen molar-refractivity contribution < 1.29 is 22.7 Å². The van der Waals surface area contributed by atoms with Crippen molar-refractivity contribution in [1.29, 1.82) is 0 Å². The van der Waals surface area contributed by atoms with Crippen LogP contribution in [0.5, 0.6) is 0 Å². The number of ether oxygens (including phenoxy) is 1. The van der Waals surface area contributed by atoms with Gasteiger partial charge in [-0.15, -0.1) is 0 Å². The molecule has 1 N–H and O–H groups in total. The Labute approximate surface area is 117 Å². The molecule has 1 atom stereocenters. The van der Waals surface area contributed by atoms with E-state index < -0.39 is 21.7 Å². The minimum atomic E-state index is -3.08. The van der Waals surface area contributed by atoms with Crippen LogP contribution in [-0.2, 0) is 19.4 Å². The van der Waals surface area contributed by atoms with E-state index in [1.54, 1.807) is 12.1 Å². The number of anilines is 1. The third-order valence-corrected chi connectivity index (χ3v) is 4.94. The zero-order valence-electron chi connectivity index (χ0n) is 11.0. The molecule has 1 aromatic rings. The summed E-state index contributed by atoms with van der Waals surface area (Å²) >= 11 is 0. The Morgan fingerprint density at radius 2 is 1.90 bits per heavy atom. The van der Waals surface area contributed by atoms with E-state index in [2.05, 4.69) is 10.1 Å². The molecule has 0 radical (unpaired) electrons. The molecule has 1 aromatic carbocycles. The number of sulfone groups is 1. The van der Waals surface area contributed by atoms with Crippen LogP contribution >= 0.6 is 0 Å². The first-order valence-electron chi connectivity index (χ1n) is 6.11. The van der Waals surface area contributed by atoms with Crippen LogP contribution in [0.2, 0.25) is 0 Å². The van der Waals surface area contributed by atoms with E-state index >= 15 is 0 Å². The highest BCUT2D eigenvalue weighted by Crippen LogP contribution is 2.20. The van der Waals surface area contributed by atoms with Gasteiger partial charge in [0, 0.05) is 5.69 Å². The first-order valence-corrected chi connectivity index (χ1v) is 7.93.